The van der Waals surface area contributed by atoms with Crippen molar-refractivity contribution in [3.8, 4) is 5.69 Å². The maximum atomic E-state index is 12.4. The zero-order valence-corrected chi connectivity index (χ0v) is 16.3. The number of carbonyl (C=O) groups excluding carboxylic acids is 2. The zero-order valence-electron chi connectivity index (χ0n) is 15.5. The molecule has 0 saturated heterocycles. The number of nitrogens with one attached hydrogen (secondary N) is 1. The first-order valence-corrected chi connectivity index (χ1v) is 9.53. The number of carbonyl (C=O) groups is 2. The normalized spacial score (nSPS) is 11.6. The molecular formula is C20H20N4O3S. The van der Waals surface area contributed by atoms with E-state index in [1.165, 1.54) is 18.9 Å². The number of aromatic nitrogens is 3. The highest BCUT2D eigenvalue weighted by molar-refractivity contribution is 8.00. The van der Waals surface area contributed by atoms with Gasteiger partial charge in [-0.05, 0) is 36.8 Å². The molecule has 7 nitrogen and oxygen atoms in total. The van der Waals surface area contributed by atoms with Crippen molar-refractivity contribution in [3.63, 3.8) is 0 Å². The number of esters is 1. The number of rotatable bonds is 7. The third kappa shape index (κ3) is 4.98. The van der Waals surface area contributed by atoms with Gasteiger partial charge >= 0.3 is 5.97 Å². The van der Waals surface area contributed by atoms with Gasteiger partial charge in [-0.2, -0.15) is 0 Å². The Kier molecular flexibility index (Phi) is 6.44. The van der Waals surface area contributed by atoms with E-state index in [0.29, 0.717) is 17.3 Å². The number of para-hydroxylation sites is 1. The highest BCUT2D eigenvalue weighted by atomic mass is 32.2. The van der Waals surface area contributed by atoms with Crippen molar-refractivity contribution >= 4 is 23.6 Å². The summed E-state index contributed by atoms with van der Waals surface area (Å²) in [5.41, 5.74) is 2.28. The van der Waals surface area contributed by atoms with Crippen molar-refractivity contribution in [1.29, 1.82) is 0 Å². The van der Waals surface area contributed by atoms with Crippen molar-refractivity contribution < 1.29 is 14.3 Å². The molecule has 0 fully saturated rings. The number of ether oxygens (including phenoxy) is 1. The first-order chi connectivity index (χ1) is 13.6. The Balaban J connectivity index is 1.52. The summed E-state index contributed by atoms with van der Waals surface area (Å²) in [5.74, 6) is -0.499. The highest BCUT2D eigenvalue weighted by Gasteiger charge is 2.17. The van der Waals surface area contributed by atoms with Gasteiger partial charge in [-0.3, -0.25) is 4.79 Å². The standard InChI is InChI=1S/C20H20N4O3S/c1-14(28-20-22-13-24(23-20)17-6-4-3-5-7-17)18(25)21-12-15-8-10-16(11-9-15)19(26)27-2/h3-11,13-14H,12H2,1-2H3,(H,21,25). The number of methoxy groups -OCH3 is 1. The third-order valence-corrected chi connectivity index (χ3v) is 4.95. The summed E-state index contributed by atoms with van der Waals surface area (Å²) in [5, 5.41) is 7.47. The monoisotopic (exact) mass is 396 g/mol. The predicted octanol–water partition coefficient (Wildman–Crippen LogP) is 2.85. The Morgan fingerprint density at radius 2 is 1.86 bits per heavy atom. The Morgan fingerprint density at radius 3 is 2.54 bits per heavy atom. The molecular weight excluding hydrogens is 376 g/mol. The molecule has 0 saturated carbocycles. The van der Waals surface area contributed by atoms with E-state index in [4.69, 9.17) is 0 Å². The summed E-state index contributed by atoms with van der Waals surface area (Å²) in [6.45, 7) is 2.18. The number of hydrogen-bond acceptors (Lipinski definition) is 6. The van der Waals surface area contributed by atoms with Crippen LogP contribution in [-0.4, -0.2) is 39.0 Å². The molecule has 0 aliphatic heterocycles. The average Bonchev–Trinajstić information content (AvgIpc) is 3.21. The molecule has 1 atom stereocenters. The lowest BCUT2D eigenvalue weighted by Crippen LogP contribution is -2.30. The Hall–Kier alpha value is -3.13. The molecule has 1 unspecified atom stereocenters. The molecule has 3 aromatic rings. The third-order valence-electron chi connectivity index (χ3n) is 3.98. The molecule has 0 bridgehead atoms. The topological polar surface area (TPSA) is 86.1 Å². The Labute approximate surface area is 167 Å². The minimum atomic E-state index is -0.386. The van der Waals surface area contributed by atoms with Crippen LogP contribution >= 0.6 is 11.8 Å². The average molecular weight is 396 g/mol. The van der Waals surface area contributed by atoms with Crippen LogP contribution < -0.4 is 5.32 Å². The lowest BCUT2D eigenvalue weighted by Gasteiger charge is -2.10. The lowest BCUT2D eigenvalue weighted by atomic mass is 10.1. The smallest absolute Gasteiger partial charge is 0.337 e. The molecule has 8 heteroatoms. The molecule has 1 amide bonds. The second-order valence-electron chi connectivity index (χ2n) is 5.97. The summed E-state index contributed by atoms with van der Waals surface area (Å²) < 4.78 is 6.34. The molecule has 28 heavy (non-hydrogen) atoms. The van der Waals surface area contributed by atoms with Crippen LogP contribution in [0.25, 0.3) is 5.69 Å². The van der Waals surface area contributed by atoms with Crippen LogP contribution in [0.15, 0.2) is 66.1 Å². The van der Waals surface area contributed by atoms with Crippen LogP contribution in [0.5, 0.6) is 0 Å². The number of thioether (sulfide) groups is 1. The number of hydrogen-bond donors (Lipinski definition) is 1. The fourth-order valence-electron chi connectivity index (χ4n) is 2.43. The van der Waals surface area contributed by atoms with E-state index in [0.717, 1.165) is 11.3 Å². The van der Waals surface area contributed by atoms with E-state index in [-0.39, 0.29) is 17.1 Å². The summed E-state index contributed by atoms with van der Waals surface area (Å²) in [6, 6.07) is 16.6. The van der Waals surface area contributed by atoms with E-state index in [9.17, 15) is 9.59 Å². The van der Waals surface area contributed by atoms with E-state index >= 15 is 0 Å². The minimum absolute atomic E-state index is 0.113. The van der Waals surface area contributed by atoms with Crippen LogP contribution in [0.4, 0.5) is 0 Å². The van der Waals surface area contributed by atoms with Gasteiger partial charge in [0, 0.05) is 6.54 Å². The first kappa shape index (κ1) is 19.6. The van der Waals surface area contributed by atoms with E-state index in [1.807, 2.05) is 37.3 Å². The van der Waals surface area contributed by atoms with Crippen molar-refractivity contribution in [2.45, 2.75) is 23.9 Å². The van der Waals surface area contributed by atoms with Crippen molar-refractivity contribution in [2.75, 3.05) is 7.11 Å². The van der Waals surface area contributed by atoms with Gasteiger partial charge < -0.3 is 10.1 Å². The predicted molar refractivity (Wildman–Crippen MR) is 106 cm³/mol. The summed E-state index contributed by atoms with van der Waals surface area (Å²) in [4.78, 5) is 28.0. The van der Waals surface area contributed by atoms with Gasteiger partial charge in [0.05, 0.1) is 23.6 Å². The van der Waals surface area contributed by atoms with Crippen LogP contribution in [0.1, 0.15) is 22.8 Å². The molecule has 1 N–H and O–H groups in total. The van der Waals surface area contributed by atoms with E-state index < -0.39 is 0 Å². The summed E-state index contributed by atoms with van der Waals surface area (Å²) in [6.07, 6.45) is 1.63. The molecule has 3 rings (SSSR count). The maximum absolute atomic E-state index is 12.4. The Morgan fingerprint density at radius 1 is 1.14 bits per heavy atom. The molecule has 0 spiro atoms. The van der Waals surface area contributed by atoms with Gasteiger partial charge in [-0.15, -0.1) is 5.10 Å². The molecule has 0 radical (unpaired) electrons. The van der Waals surface area contributed by atoms with Crippen LogP contribution in [0.2, 0.25) is 0 Å². The quantitative estimate of drug-likeness (QED) is 0.488. The zero-order chi connectivity index (χ0) is 19.9. The molecule has 0 aliphatic carbocycles. The van der Waals surface area contributed by atoms with Gasteiger partial charge in [-0.25, -0.2) is 14.5 Å². The van der Waals surface area contributed by atoms with E-state index in [1.54, 1.807) is 35.3 Å². The first-order valence-electron chi connectivity index (χ1n) is 8.65. The number of amides is 1. The lowest BCUT2D eigenvalue weighted by molar-refractivity contribution is -0.120. The van der Waals surface area contributed by atoms with Gasteiger partial charge in [0.2, 0.25) is 11.1 Å². The van der Waals surface area contributed by atoms with Crippen LogP contribution in [0.3, 0.4) is 0 Å². The minimum Gasteiger partial charge on any atom is -0.465 e. The fourth-order valence-corrected chi connectivity index (χ4v) is 3.18. The van der Waals surface area contributed by atoms with Gasteiger partial charge in [0.1, 0.15) is 6.33 Å². The second kappa shape index (κ2) is 9.18. The SMILES string of the molecule is COC(=O)c1ccc(CNC(=O)C(C)Sc2ncn(-c3ccccc3)n2)cc1. The summed E-state index contributed by atoms with van der Waals surface area (Å²) >= 11 is 1.30. The fraction of sp³-hybridized carbons (Fsp3) is 0.200. The Bertz CT molecular complexity index is 942. The molecule has 1 heterocycles. The van der Waals surface area contributed by atoms with Crippen molar-refractivity contribution in [2.24, 2.45) is 0 Å². The van der Waals surface area contributed by atoms with E-state index in [2.05, 4.69) is 20.1 Å². The van der Waals surface area contributed by atoms with Gasteiger partial charge in [0.25, 0.3) is 0 Å². The van der Waals surface area contributed by atoms with Crippen molar-refractivity contribution in [1.82, 2.24) is 20.1 Å². The second-order valence-corrected chi connectivity index (χ2v) is 7.28. The van der Waals surface area contributed by atoms with Crippen LogP contribution in [0, 0.1) is 0 Å². The molecule has 1 aromatic heterocycles. The van der Waals surface area contributed by atoms with Crippen molar-refractivity contribution in [3.05, 3.63) is 72.1 Å². The number of nitrogens with zero attached hydrogens (tertiary/aromatic N) is 3. The number of benzene rings is 2. The summed E-state index contributed by atoms with van der Waals surface area (Å²) in [7, 11) is 1.34. The molecule has 144 valence electrons. The largest absolute Gasteiger partial charge is 0.465 e. The molecule has 0 aliphatic rings. The van der Waals surface area contributed by atoms with Gasteiger partial charge in [-0.1, -0.05) is 42.1 Å². The highest BCUT2D eigenvalue weighted by Crippen LogP contribution is 2.20. The molecule has 2 aromatic carbocycles. The van der Waals surface area contributed by atoms with Crippen LogP contribution in [-0.2, 0) is 16.1 Å². The maximum Gasteiger partial charge on any atom is 0.337 e. The van der Waals surface area contributed by atoms with Gasteiger partial charge in [0.15, 0.2) is 0 Å².